The van der Waals surface area contributed by atoms with Gasteiger partial charge in [0.15, 0.2) is 6.61 Å². The predicted molar refractivity (Wildman–Crippen MR) is 101 cm³/mol. The lowest BCUT2D eigenvalue weighted by Gasteiger charge is -2.12. The molecule has 1 aliphatic rings. The molecule has 0 saturated carbocycles. The van der Waals surface area contributed by atoms with Crippen LogP contribution in [0.3, 0.4) is 0 Å². The standard InChI is InChI=1S/C18H18BrNO4S/c1-23-18(22)16-13-4-2-3-5-14(13)25-17(16)20-15(21)10-24-12-8-6-11(19)7-9-12/h6-9H,2-5,10H2,1H3,(H,20,21). The second kappa shape index (κ2) is 8.01. The van der Waals surface area contributed by atoms with Crippen molar-refractivity contribution in [2.75, 3.05) is 19.0 Å². The number of aryl methyl sites for hydroxylation is 1. The molecule has 1 N–H and O–H groups in total. The van der Waals surface area contributed by atoms with E-state index < -0.39 is 5.97 Å². The zero-order chi connectivity index (χ0) is 17.8. The number of esters is 1. The van der Waals surface area contributed by atoms with Crippen LogP contribution in [-0.2, 0) is 22.4 Å². The average Bonchev–Trinajstić information content (AvgIpc) is 2.98. The molecule has 0 bridgehead atoms. The molecule has 1 aromatic heterocycles. The molecule has 2 aromatic rings. The van der Waals surface area contributed by atoms with Crippen LogP contribution < -0.4 is 10.1 Å². The lowest BCUT2D eigenvalue weighted by molar-refractivity contribution is -0.118. The molecule has 0 fully saturated rings. The number of fused-ring (bicyclic) bond motifs is 1. The van der Waals surface area contributed by atoms with E-state index in [9.17, 15) is 9.59 Å². The number of anilines is 1. The molecule has 1 aliphatic carbocycles. The van der Waals surface area contributed by atoms with E-state index in [1.807, 2.05) is 12.1 Å². The van der Waals surface area contributed by atoms with E-state index >= 15 is 0 Å². The van der Waals surface area contributed by atoms with Crippen LogP contribution >= 0.6 is 27.3 Å². The Morgan fingerprint density at radius 3 is 2.64 bits per heavy atom. The molecule has 0 unspecified atom stereocenters. The first-order chi connectivity index (χ1) is 12.1. The number of methoxy groups -OCH3 is 1. The van der Waals surface area contributed by atoms with E-state index in [1.54, 1.807) is 12.1 Å². The normalized spacial score (nSPS) is 13.0. The number of benzene rings is 1. The minimum Gasteiger partial charge on any atom is -0.484 e. The molecule has 3 rings (SSSR count). The first kappa shape index (κ1) is 17.9. The van der Waals surface area contributed by atoms with Gasteiger partial charge in [-0.15, -0.1) is 11.3 Å². The molecule has 1 heterocycles. The molecule has 1 amide bonds. The van der Waals surface area contributed by atoms with Gasteiger partial charge in [-0.1, -0.05) is 15.9 Å². The molecule has 5 nitrogen and oxygen atoms in total. The van der Waals surface area contributed by atoms with Gasteiger partial charge in [0, 0.05) is 9.35 Å². The summed E-state index contributed by atoms with van der Waals surface area (Å²) in [6, 6.07) is 7.24. The molecule has 0 radical (unpaired) electrons. The molecular weight excluding hydrogens is 406 g/mol. The molecular formula is C18H18BrNO4S. The van der Waals surface area contributed by atoms with Crippen molar-refractivity contribution in [3.05, 3.63) is 44.7 Å². The van der Waals surface area contributed by atoms with Crippen molar-refractivity contribution >= 4 is 44.1 Å². The summed E-state index contributed by atoms with van der Waals surface area (Å²) in [6.07, 6.45) is 3.94. The molecule has 0 saturated heterocycles. The van der Waals surface area contributed by atoms with Gasteiger partial charge in [0.1, 0.15) is 10.8 Å². The second-order valence-corrected chi connectivity index (χ2v) is 7.72. The van der Waals surface area contributed by atoms with Crippen LogP contribution in [-0.4, -0.2) is 25.6 Å². The number of hydrogen-bond donors (Lipinski definition) is 1. The van der Waals surface area contributed by atoms with Gasteiger partial charge in [0.2, 0.25) is 0 Å². The minimum absolute atomic E-state index is 0.120. The van der Waals surface area contributed by atoms with Crippen LogP contribution in [0.1, 0.15) is 33.6 Å². The number of thiophene rings is 1. The fourth-order valence-corrected chi connectivity index (χ4v) is 4.37. The Kier molecular flexibility index (Phi) is 5.75. The Balaban J connectivity index is 1.71. The first-order valence-electron chi connectivity index (χ1n) is 7.99. The van der Waals surface area contributed by atoms with Crippen LogP contribution in [0.5, 0.6) is 5.75 Å². The highest BCUT2D eigenvalue weighted by molar-refractivity contribution is 9.10. The number of rotatable bonds is 5. The Bertz CT molecular complexity index is 785. The maximum atomic E-state index is 12.2. The lowest BCUT2D eigenvalue weighted by atomic mass is 9.95. The monoisotopic (exact) mass is 423 g/mol. The maximum absolute atomic E-state index is 12.2. The van der Waals surface area contributed by atoms with E-state index in [0.29, 0.717) is 16.3 Å². The molecule has 25 heavy (non-hydrogen) atoms. The molecule has 1 aromatic carbocycles. The highest BCUT2D eigenvalue weighted by Gasteiger charge is 2.26. The Morgan fingerprint density at radius 1 is 1.20 bits per heavy atom. The highest BCUT2D eigenvalue weighted by Crippen LogP contribution is 2.38. The van der Waals surface area contributed by atoms with Gasteiger partial charge < -0.3 is 14.8 Å². The number of hydrogen-bond acceptors (Lipinski definition) is 5. The molecule has 0 atom stereocenters. The fourth-order valence-electron chi connectivity index (χ4n) is 2.81. The fraction of sp³-hybridized carbons (Fsp3) is 0.333. The number of ether oxygens (including phenoxy) is 2. The highest BCUT2D eigenvalue weighted by atomic mass is 79.9. The van der Waals surface area contributed by atoms with E-state index in [4.69, 9.17) is 9.47 Å². The van der Waals surface area contributed by atoms with Crippen LogP contribution in [0.25, 0.3) is 0 Å². The summed E-state index contributed by atoms with van der Waals surface area (Å²) >= 11 is 4.81. The smallest absolute Gasteiger partial charge is 0.341 e. The van der Waals surface area contributed by atoms with Gasteiger partial charge in [-0.05, 0) is 55.5 Å². The number of halogens is 1. The number of carbonyl (C=O) groups excluding carboxylic acids is 2. The van der Waals surface area contributed by atoms with Crippen molar-refractivity contribution in [2.24, 2.45) is 0 Å². The Labute approximate surface area is 158 Å². The second-order valence-electron chi connectivity index (χ2n) is 5.70. The lowest BCUT2D eigenvalue weighted by Crippen LogP contribution is -2.21. The van der Waals surface area contributed by atoms with Gasteiger partial charge in [0.05, 0.1) is 12.7 Å². The van der Waals surface area contributed by atoms with Crippen molar-refractivity contribution in [2.45, 2.75) is 25.7 Å². The average molecular weight is 424 g/mol. The van der Waals surface area contributed by atoms with Gasteiger partial charge in [-0.2, -0.15) is 0 Å². The number of amides is 1. The summed E-state index contributed by atoms with van der Waals surface area (Å²) in [7, 11) is 1.36. The van der Waals surface area contributed by atoms with Crippen molar-refractivity contribution in [1.29, 1.82) is 0 Å². The summed E-state index contributed by atoms with van der Waals surface area (Å²) in [6.45, 7) is -0.120. The van der Waals surface area contributed by atoms with Crippen LogP contribution in [0, 0.1) is 0 Å². The Hall–Kier alpha value is -1.86. The van der Waals surface area contributed by atoms with Crippen molar-refractivity contribution in [3.8, 4) is 5.75 Å². The third kappa shape index (κ3) is 4.22. The number of carbonyl (C=O) groups is 2. The zero-order valence-electron chi connectivity index (χ0n) is 13.8. The van der Waals surface area contributed by atoms with E-state index in [-0.39, 0.29) is 12.5 Å². The third-order valence-electron chi connectivity index (χ3n) is 4.00. The van der Waals surface area contributed by atoms with E-state index in [0.717, 1.165) is 40.6 Å². The van der Waals surface area contributed by atoms with Crippen molar-refractivity contribution in [3.63, 3.8) is 0 Å². The third-order valence-corrected chi connectivity index (χ3v) is 5.73. The van der Waals surface area contributed by atoms with Crippen LogP contribution in [0.2, 0.25) is 0 Å². The van der Waals surface area contributed by atoms with Crippen LogP contribution in [0.15, 0.2) is 28.7 Å². The first-order valence-corrected chi connectivity index (χ1v) is 9.60. The minimum atomic E-state index is -0.400. The zero-order valence-corrected chi connectivity index (χ0v) is 16.2. The SMILES string of the molecule is COC(=O)c1c(NC(=O)COc2ccc(Br)cc2)sc2c1CCCC2. The molecule has 132 valence electrons. The van der Waals surface area contributed by atoms with Gasteiger partial charge in [0.25, 0.3) is 5.91 Å². The summed E-state index contributed by atoms with van der Waals surface area (Å²) in [5, 5.41) is 3.37. The molecule has 7 heteroatoms. The quantitative estimate of drug-likeness (QED) is 0.731. The molecule has 0 aliphatic heterocycles. The van der Waals surface area contributed by atoms with Gasteiger partial charge >= 0.3 is 5.97 Å². The maximum Gasteiger partial charge on any atom is 0.341 e. The topological polar surface area (TPSA) is 64.6 Å². The predicted octanol–water partition coefficient (Wildman–Crippen LogP) is 4.19. The van der Waals surface area contributed by atoms with Crippen molar-refractivity contribution in [1.82, 2.24) is 0 Å². The van der Waals surface area contributed by atoms with Crippen LogP contribution in [0.4, 0.5) is 5.00 Å². The van der Waals surface area contributed by atoms with Gasteiger partial charge in [-0.25, -0.2) is 4.79 Å². The van der Waals surface area contributed by atoms with E-state index in [1.165, 1.54) is 18.4 Å². The summed E-state index contributed by atoms with van der Waals surface area (Å²) in [5.41, 5.74) is 1.52. The van der Waals surface area contributed by atoms with Crippen molar-refractivity contribution < 1.29 is 19.1 Å². The van der Waals surface area contributed by atoms with E-state index in [2.05, 4.69) is 21.2 Å². The largest absolute Gasteiger partial charge is 0.484 e. The molecule has 0 spiro atoms. The van der Waals surface area contributed by atoms with Gasteiger partial charge in [-0.3, -0.25) is 4.79 Å². The number of nitrogens with one attached hydrogen (secondary N) is 1. The summed E-state index contributed by atoms with van der Waals surface area (Å²) in [4.78, 5) is 25.6. The summed E-state index contributed by atoms with van der Waals surface area (Å²) in [5.74, 6) is -0.0905. The Morgan fingerprint density at radius 2 is 1.92 bits per heavy atom. The summed E-state index contributed by atoms with van der Waals surface area (Å²) < 4.78 is 11.3.